The quantitative estimate of drug-likeness (QED) is 0.784. The zero-order chi connectivity index (χ0) is 15.9. The van der Waals surface area contributed by atoms with E-state index in [9.17, 15) is 9.59 Å². The molecule has 3 rings (SSSR count). The largest absolute Gasteiger partial charge is 0.477 e. The molecule has 2 aromatic rings. The number of amides is 2. The fraction of sp³-hybridized carbons (Fsp3) is 0.333. The molecule has 10 heteroatoms. The Morgan fingerprint density at radius 1 is 1.41 bits per heavy atom. The summed E-state index contributed by atoms with van der Waals surface area (Å²) < 4.78 is 1.75. The summed E-state index contributed by atoms with van der Waals surface area (Å²) in [5.41, 5.74) is 0.495. The number of thiazole rings is 1. The number of rotatable bonds is 3. The van der Waals surface area contributed by atoms with Crippen molar-refractivity contribution >= 4 is 40.1 Å². The second-order valence-electron chi connectivity index (χ2n) is 4.68. The molecule has 0 aromatic carbocycles. The van der Waals surface area contributed by atoms with Gasteiger partial charge in [-0.25, -0.2) is 19.3 Å². The normalized spacial score (nSPS) is 13.1. The van der Waals surface area contributed by atoms with Crippen LogP contribution in [-0.4, -0.2) is 45.5 Å². The lowest BCUT2D eigenvalue weighted by atomic mass is 10.4. The Balaban J connectivity index is 1.89. The topological polar surface area (TPSA) is 112 Å². The number of aromatic carboxylic acids is 1. The fourth-order valence-corrected chi connectivity index (χ4v) is 3.17. The van der Waals surface area contributed by atoms with E-state index >= 15 is 0 Å². The first-order valence-electron chi connectivity index (χ1n) is 6.54. The summed E-state index contributed by atoms with van der Waals surface area (Å²) in [6.07, 6.45) is 0. The third kappa shape index (κ3) is 2.37. The van der Waals surface area contributed by atoms with Gasteiger partial charge in [-0.2, -0.15) is 5.10 Å². The lowest BCUT2D eigenvalue weighted by Gasteiger charge is -2.12. The molecule has 0 spiro atoms. The summed E-state index contributed by atoms with van der Waals surface area (Å²) in [6, 6.07) is 1.39. The number of hydrogen-bond acceptors (Lipinski definition) is 6. The lowest BCUT2D eigenvalue weighted by molar-refractivity contribution is 0.0701. The van der Waals surface area contributed by atoms with Crippen LogP contribution in [0.15, 0.2) is 6.07 Å². The average Bonchev–Trinajstić information content (AvgIpc) is 3.12. The molecule has 116 valence electrons. The summed E-state index contributed by atoms with van der Waals surface area (Å²) >= 11 is 1.13. The van der Waals surface area contributed by atoms with Crippen molar-refractivity contribution in [2.75, 3.05) is 23.8 Å². The van der Waals surface area contributed by atoms with Gasteiger partial charge < -0.3 is 15.3 Å². The number of aromatic nitrogens is 3. The molecule has 0 saturated carbocycles. The first-order chi connectivity index (χ1) is 10.5. The highest BCUT2D eigenvalue weighted by Gasteiger charge is 2.27. The zero-order valence-corrected chi connectivity index (χ0v) is 12.8. The molecule has 22 heavy (non-hydrogen) atoms. The van der Waals surface area contributed by atoms with Gasteiger partial charge in [-0.05, 0) is 6.92 Å². The van der Waals surface area contributed by atoms with E-state index in [4.69, 9.17) is 5.11 Å². The maximum atomic E-state index is 11.3. The van der Waals surface area contributed by atoms with Gasteiger partial charge in [0.05, 0.1) is 12.2 Å². The summed E-state index contributed by atoms with van der Waals surface area (Å²) in [6.45, 7) is 2.98. The van der Waals surface area contributed by atoms with E-state index in [1.807, 2.05) is 4.90 Å². The van der Waals surface area contributed by atoms with Crippen molar-refractivity contribution < 1.29 is 14.7 Å². The minimum atomic E-state index is -0.976. The van der Waals surface area contributed by atoms with Crippen LogP contribution < -0.4 is 15.5 Å². The number of carbonyl (C=O) groups excluding carboxylic acids is 1. The molecule has 2 aromatic heterocycles. The van der Waals surface area contributed by atoms with E-state index < -0.39 is 5.97 Å². The molecule has 0 radical (unpaired) electrons. The van der Waals surface area contributed by atoms with Crippen LogP contribution in [0.3, 0.4) is 0 Å². The highest BCUT2D eigenvalue weighted by Crippen LogP contribution is 2.35. The molecule has 0 saturated heterocycles. The number of carboxylic acids is 1. The Bertz CT molecular complexity index is 752. The number of hydrogen-bond donors (Lipinski definition) is 3. The molecule has 1 aliphatic rings. The van der Waals surface area contributed by atoms with Gasteiger partial charge in [0.15, 0.2) is 10.9 Å². The molecular formula is C12H14N6O3S. The van der Waals surface area contributed by atoms with E-state index in [-0.39, 0.29) is 10.9 Å². The third-order valence-electron chi connectivity index (χ3n) is 3.25. The maximum absolute atomic E-state index is 11.3. The highest BCUT2D eigenvalue weighted by atomic mass is 32.1. The number of nitrogens with zero attached hydrogens (tertiary/aromatic N) is 4. The first-order valence-corrected chi connectivity index (χ1v) is 7.36. The Kier molecular flexibility index (Phi) is 3.45. The highest BCUT2D eigenvalue weighted by molar-refractivity contribution is 7.17. The second-order valence-corrected chi connectivity index (χ2v) is 5.66. The molecule has 3 N–H and O–H groups in total. The van der Waals surface area contributed by atoms with Gasteiger partial charge in [0.1, 0.15) is 10.7 Å². The van der Waals surface area contributed by atoms with Crippen molar-refractivity contribution in [2.45, 2.75) is 13.5 Å². The fourth-order valence-electron chi connectivity index (χ4n) is 2.23. The van der Waals surface area contributed by atoms with Crippen LogP contribution in [0.5, 0.6) is 0 Å². The molecule has 0 unspecified atom stereocenters. The minimum absolute atomic E-state index is 0.233. The lowest BCUT2D eigenvalue weighted by Crippen LogP contribution is -2.24. The SMILES string of the molecule is CNC(=O)Nc1cc2n(n1)CCN2c1nc(C)c(C(=O)O)s1. The Morgan fingerprint density at radius 3 is 2.82 bits per heavy atom. The number of urea groups is 1. The molecule has 3 heterocycles. The minimum Gasteiger partial charge on any atom is -0.477 e. The molecular weight excluding hydrogens is 308 g/mol. The Labute approximate surface area is 129 Å². The van der Waals surface area contributed by atoms with E-state index in [0.29, 0.717) is 29.7 Å². The molecule has 0 aliphatic carbocycles. The van der Waals surface area contributed by atoms with E-state index in [2.05, 4.69) is 20.7 Å². The molecule has 0 fully saturated rings. The van der Waals surface area contributed by atoms with Crippen molar-refractivity contribution in [3.8, 4) is 0 Å². The Morgan fingerprint density at radius 2 is 2.18 bits per heavy atom. The standard InChI is InChI=1S/C12H14N6O3S/c1-6-9(10(19)20)22-12(14-6)17-3-4-18-8(17)5-7(16-18)15-11(21)13-2/h5H,3-4H2,1-2H3,(H,19,20)(H2,13,15,16,21). The van der Waals surface area contributed by atoms with Gasteiger partial charge in [0.2, 0.25) is 0 Å². The molecule has 9 nitrogen and oxygen atoms in total. The number of aryl methyl sites for hydroxylation is 1. The number of nitrogens with one attached hydrogen (secondary N) is 2. The molecule has 2 amide bonds. The van der Waals surface area contributed by atoms with Crippen molar-refractivity contribution in [1.82, 2.24) is 20.1 Å². The third-order valence-corrected chi connectivity index (χ3v) is 4.42. The van der Waals surface area contributed by atoms with Crippen LogP contribution in [0.2, 0.25) is 0 Å². The summed E-state index contributed by atoms with van der Waals surface area (Å²) in [5.74, 6) is 0.235. The van der Waals surface area contributed by atoms with Crippen LogP contribution in [-0.2, 0) is 6.54 Å². The number of anilines is 3. The van der Waals surface area contributed by atoms with Crippen LogP contribution in [0.4, 0.5) is 21.6 Å². The first kappa shape index (κ1) is 14.3. The maximum Gasteiger partial charge on any atom is 0.347 e. The van der Waals surface area contributed by atoms with Gasteiger partial charge in [-0.1, -0.05) is 11.3 Å². The van der Waals surface area contributed by atoms with E-state index in [1.54, 1.807) is 17.7 Å². The van der Waals surface area contributed by atoms with Crippen molar-refractivity contribution in [2.24, 2.45) is 0 Å². The van der Waals surface area contributed by atoms with Crippen molar-refractivity contribution in [1.29, 1.82) is 0 Å². The van der Waals surface area contributed by atoms with E-state index in [1.165, 1.54) is 7.05 Å². The Hall–Kier alpha value is -2.62. The summed E-state index contributed by atoms with van der Waals surface area (Å²) in [4.78, 5) is 28.9. The monoisotopic (exact) mass is 322 g/mol. The van der Waals surface area contributed by atoms with Crippen molar-refractivity contribution in [3.63, 3.8) is 0 Å². The number of carbonyl (C=O) groups is 2. The predicted octanol–water partition coefficient (Wildman–Crippen LogP) is 1.25. The smallest absolute Gasteiger partial charge is 0.347 e. The molecule has 1 aliphatic heterocycles. The second kappa shape index (κ2) is 5.30. The number of carboxylic acid groups (broad SMARTS) is 1. The van der Waals surface area contributed by atoms with Gasteiger partial charge >= 0.3 is 12.0 Å². The van der Waals surface area contributed by atoms with Crippen LogP contribution in [0.25, 0.3) is 0 Å². The molecule has 0 bridgehead atoms. The zero-order valence-electron chi connectivity index (χ0n) is 12.0. The van der Waals surface area contributed by atoms with Gasteiger partial charge in [-0.3, -0.25) is 5.32 Å². The van der Waals surface area contributed by atoms with Crippen LogP contribution in [0.1, 0.15) is 15.4 Å². The van der Waals surface area contributed by atoms with Gasteiger partial charge in [0.25, 0.3) is 0 Å². The molecule has 0 atom stereocenters. The average molecular weight is 322 g/mol. The van der Waals surface area contributed by atoms with Crippen LogP contribution >= 0.6 is 11.3 Å². The summed E-state index contributed by atoms with van der Waals surface area (Å²) in [5, 5.41) is 19.1. The number of fused-ring (bicyclic) bond motifs is 1. The van der Waals surface area contributed by atoms with Gasteiger partial charge in [0, 0.05) is 19.7 Å². The van der Waals surface area contributed by atoms with E-state index in [0.717, 1.165) is 17.2 Å². The predicted molar refractivity (Wildman–Crippen MR) is 81.1 cm³/mol. The summed E-state index contributed by atoms with van der Waals surface area (Å²) in [7, 11) is 1.52. The van der Waals surface area contributed by atoms with Gasteiger partial charge in [-0.15, -0.1) is 0 Å². The van der Waals surface area contributed by atoms with Crippen molar-refractivity contribution in [3.05, 3.63) is 16.6 Å². The van der Waals surface area contributed by atoms with Crippen LogP contribution in [0, 0.1) is 6.92 Å².